The van der Waals surface area contributed by atoms with Gasteiger partial charge >= 0.3 is 0 Å². The molecule has 0 aliphatic carbocycles. The van der Waals surface area contributed by atoms with Crippen molar-refractivity contribution in [2.24, 2.45) is 0 Å². The van der Waals surface area contributed by atoms with Gasteiger partial charge in [0.15, 0.2) is 0 Å². The highest BCUT2D eigenvalue weighted by molar-refractivity contribution is 6.16. The Balaban J connectivity index is 1.86. The SMILES string of the molecule is N#Cc1ccc2nc(CCl)n(CCCn3ccnn3)c2c1. The summed E-state index contributed by atoms with van der Waals surface area (Å²) in [4.78, 5) is 4.51. The Labute approximate surface area is 126 Å². The predicted molar refractivity (Wildman–Crippen MR) is 78.6 cm³/mol. The van der Waals surface area contributed by atoms with Crippen molar-refractivity contribution in [2.75, 3.05) is 0 Å². The highest BCUT2D eigenvalue weighted by Crippen LogP contribution is 2.19. The van der Waals surface area contributed by atoms with Gasteiger partial charge in [0.2, 0.25) is 0 Å². The minimum absolute atomic E-state index is 0.347. The lowest BCUT2D eigenvalue weighted by molar-refractivity contribution is 0.514. The molecule has 0 saturated heterocycles. The number of imidazole rings is 1. The molecule has 0 N–H and O–H groups in total. The number of alkyl halides is 1. The van der Waals surface area contributed by atoms with Crippen LogP contribution in [0.4, 0.5) is 0 Å². The summed E-state index contributed by atoms with van der Waals surface area (Å²) < 4.78 is 3.86. The van der Waals surface area contributed by atoms with Crippen LogP contribution in [0, 0.1) is 11.3 Å². The van der Waals surface area contributed by atoms with Gasteiger partial charge in [-0.2, -0.15) is 5.26 Å². The van der Waals surface area contributed by atoms with E-state index in [9.17, 15) is 0 Å². The van der Waals surface area contributed by atoms with Crippen LogP contribution < -0.4 is 0 Å². The van der Waals surface area contributed by atoms with E-state index in [2.05, 4.69) is 25.9 Å². The van der Waals surface area contributed by atoms with Gasteiger partial charge in [0.25, 0.3) is 0 Å². The maximum atomic E-state index is 9.03. The van der Waals surface area contributed by atoms with E-state index in [1.807, 2.05) is 18.3 Å². The molecule has 0 atom stereocenters. The minimum Gasteiger partial charge on any atom is -0.327 e. The first kappa shape index (κ1) is 13.6. The second kappa shape index (κ2) is 5.94. The number of benzene rings is 1. The molecule has 21 heavy (non-hydrogen) atoms. The number of aromatic nitrogens is 5. The predicted octanol–water partition coefficient (Wildman–Crippen LogP) is 2.33. The fourth-order valence-electron chi connectivity index (χ4n) is 2.34. The Bertz CT molecular complexity index is 784. The number of halogens is 1. The number of nitrogens with zero attached hydrogens (tertiary/aromatic N) is 6. The molecule has 2 heterocycles. The number of rotatable bonds is 5. The second-order valence-electron chi connectivity index (χ2n) is 4.65. The Morgan fingerprint density at radius 1 is 1.29 bits per heavy atom. The van der Waals surface area contributed by atoms with Crippen LogP contribution in [0.15, 0.2) is 30.6 Å². The van der Waals surface area contributed by atoms with E-state index in [-0.39, 0.29) is 0 Å². The first-order valence-corrected chi connectivity index (χ1v) is 7.14. The van der Waals surface area contributed by atoms with Crippen LogP contribution in [0.1, 0.15) is 17.8 Å². The molecule has 1 aromatic carbocycles. The summed E-state index contributed by atoms with van der Waals surface area (Å²) in [5.41, 5.74) is 2.44. The van der Waals surface area contributed by atoms with Crippen molar-refractivity contribution in [3.05, 3.63) is 42.0 Å². The molecule has 3 aromatic rings. The van der Waals surface area contributed by atoms with E-state index in [1.54, 1.807) is 16.9 Å². The molecule has 0 bridgehead atoms. The van der Waals surface area contributed by atoms with Crippen LogP contribution in [0.5, 0.6) is 0 Å². The summed E-state index contributed by atoms with van der Waals surface area (Å²) >= 11 is 5.98. The Morgan fingerprint density at radius 2 is 2.19 bits per heavy atom. The number of fused-ring (bicyclic) bond motifs is 1. The van der Waals surface area contributed by atoms with Crippen molar-refractivity contribution in [2.45, 2.75) is 25.4 Å². The van der Waals surface area contributed by atoms with Crippen molar-refractivity contribution >= 4 is 22.6 Å². The maximum Gasteiger partial charge on any atom is 0.124 e. The first-order chi connectivity index (χ1) is 10.3. The van der Waals surface area contributed by atoms with Crippen LogP contribution in [0.25, 0.3) is 11.0 Å². The summed E-state index contributed by atoms with van der Waals surface area (Å²) in [6.07, 6.45) is 4.38. The first-order valence-electron chi connectivity index (χ1n) is 6.61. The molecule has 0 unspecified atom stereocenters. The lowest BCUT2D eigenvalue weighted by Gasteiger charge is -2.07. The third-order valence-corrected chi connectivity index (χ3v) is 3.56. The number of hydrogen-bond acceptors (Lipinski definition) is 4. The van der Waals surface area contributed by atoms with Crippen LogP contribution >= 0.6 is 11.6 Å². The molecular formula is C14H13ClN6. The van der Waals surface area contributed by atoms with Crippen LogP contribution in [-0.4, -0.2) is 24.5 Å². The zero-order chi connectivity index (χ0) is 14.7. The average Bonchev–Trinajstić information content (AvgIpc) is 3.14. The number of aryl methyl sites for hydroxylation is 2. The van der Waals surface area contributed by atoms with Crippen molar-refractivity contribution in [3.63, 3.8) is 0 Å². The highest BCUT2D eigenvalue weighted by Gasteiger charge is 2.10. The lowest BCUT2D eigenvalue weighted by atomic mass is 10.2. The number of nitriles is 1. The van der Waals surface area contributed by atoms with Crippen molar-refractivity contribution in [1.82, 2.24) is 24.5 Å². The standard InChI is InChI=1S/C14H13ClN6/c15-9-14-18-12-3-2-11(10-16)8-13(12)21(14)6-1-5-20-7-4-17-19-20/h2-4,7-8H,1,5-6,9H2. The monoisotopic (exact) mass is 300 g/mol. The second-order valence-corrected chi connectivity index (χ2v) is 4.92. The molecule has 0 saturated carbocycles. The zero-order valence-corrected chi connectivity index (χ0v) is 12.0. The van der Waals surface area contributed by atoms with Gasteiger partial charge in [0.1, 0.15) is 5.82 Å². The molecule has 2 aromatic heterocycles. The van der Waals surface area contributed by atoms with Gasteiger partial charge in [0, 0.05) is 19.3 Å². The van der Waals surface area contributed by atoms with Crippen LogP contribution in [-0.2, 0) is 19.0 Å². The van der Waals surface area contributed by atoms with Gasteiger partial charge in [-0.05, 0) is 24.6 Å². The third-order valence-electron chi connectivity index (χ3n) is 3.32. The quantitative estimate of drug-likeness (QED) is 0.678. The molecule has 3 rings (SSSR count). The van der Waals surface area contributed by atoms with Gasteiger partial charge < -0.3 is 4.57 Å². The molecule has 0 aliphatic rings. The molecule has 6 nitrogen and oxygen atoms in total. The van der Waals surface area contributed by atoms with Gasteiger partial charge in [-0.3, -0.25) is 4.68 Å². The summed E-state index contributed by atoms with van der Waals surface area (Å²) in [6.45, 7) is 1.55. The van der Waals surface area contributed by atoms with E-state index in [0.717, 1.165) is 36.4 Å². The summed E-state index contributed by atoms with van der Waals surface area (Å²) in [6, 6.07) is 7.64. The Kier molecular flexibility index (Phi) is 3.84. The minimum atomic E-state index is 0.347. The number of hydrogen-bond donors (Lipinski definition) is 0. The maximum absolute atomic E-state index is 9.03. The largest absolute Gasteiger partial charge is 0.327 e. The molecule has 0 spiro atoms. The molecule has 7 heteroatoms. The summed E-state index contributed by atoms with van der Waals surface area (Å²) in [5, 5.41) is 16.7. The fourth-order valence-corrected chi connectivity index (χ4v) is 2.54. The molecule has 0 amide bonds. The van der Waals surface area contributed by atoms with Crippen LogP contribution in [0.2, 0.25) is 0 Å². The molecule has 106 valence electrons. The van der Waals surface area contributed by atoms with Gasteiger partial charge in [0.05, 0.1) is 34.7 Å². The Morgan fingerprint density at radius 3 is 2.90 bits per heavy atom. The van der Waals surface area contributed by atoms with E-state index < -0.39 is 0 Å². The van der Waals surface area contributed by atoms with E-state index >= 15 is 0 Å². The molecule has 0 fully saturated rings. The molecular weight excluding hydrogens is 288 g/mol. The lowest BCUT2D eigenvalue weighted by Crippen LogP contribution is -2.07. The van der Waals surface area contributed by atoms with Crippen molar-refractivity contribution in [3.8, 4) is 6.07 Å². The highest BCUT2D eigenvalue weighted by atomic mass is 35.5. The van der Waals surface area contributed by atoms with Crippen molar-refractivity contribution < 1.29 is 0 Å². The molecule has 0 radical (unpaired) electrons. The van der Waals surface area contributed by atoms with Gasteiger partial charge in [-0.1, -0.05) is 5.21 Å². The summed E-state index contributed by atoms with van der Waals surface area (Å²) in [5.74, 6) is 1.17. The Hall–Kier alpha value is -2.39. The normalized spacial score (nSPS) is 10.9. The zero-order valence-electron chi connectivity index (χ0n) is 11.3. The average molecular weight is 301 g/mol. The summed E-state index contributed by atoms with van der Waals surface area (Å²) in [7, 11) is 0. The van der Waals surface area contributed by atoms with E-state index in [1.165, 1.54) is 0 Å². The van der Waals surface area contributed by atoms with E-state index in [0.29, 0.717) is 11.4 Å². The van der Waals surface area contributed by atoms with Gasteiger partial charge in [-0.25, -0.2) is 4.98 Å². The fraction of sp³-hybridized carbons (Fsp3) is 0.286. The molecule has 0 aliphatic heterocycles. The van der Waals surface area contributed by atoms with Gasteiger partial charge in [-0.15, -0.1) is 16.7 Å². The van der Waals surface area contributed by atoms with Crippen molar-refractivity contribution in [1.29, 1.82) is 5.26 Å². The smallest absolute Gasteiger partial charge is 0.124 e. The third kappa shape index (κ3) is 2.73. The van der Waals surface area contributed by atoms with E-state index in [4.69, 9.17) is 16.9 Å². The topological polar surface area (TPSA) is 72.3 Å². The van der Waals surface area contributed by atoms with Crippen LogP contribution in [0.3, 0.4) is 0 Å².